The first-order valence-electron chi connectivity index (χ1n) is 6.90. The lowest BCUT2D eigenvalue weighted by Crippen LogP contribution is -2.25. The number of carbonyl (C=O) groups is 1. The molecule has 6 nitrogen and oxygen atoms in total. The number of halogens is 3. The molecule has 1 rings (SSSR count). The van der Waals surface area contributed by atoms with Crippen LogP contribution in [-0.2, 0) is 23.4 Å². The van der Waals surface area contributed by atoms with Crippen molar-refractivity contribution in [3.8, 4) is 0 Å². The zero-order valence-corrected chi connectivity index (χ0v) is 15.4. The van der Waals surface area contributed by atoms with Crippen LogP contribution in [0.1, 0.15) is 33.6 Å². The van der Waals surface area contributed by atoms with Gasteiger partial charge in [0.15, 0.2) is 0 Å². The van der Waals surface area contributed by atoms with Gasteiger partial charge < -0.3 is 9.26 Å². The quantitative estimate of drug-likeness (QED) is 0.241. The van der Waals surface area contributed by atoms with E-state index in [0.29, 0.717) is 12.8 Å². The van der Waals surface area contributed by atoms with Gasteiger partial charge in [-0.15, -0.1) is 0 Å². The number of carbonyl (C=O) groups excluding carboxylic acids is 1. The van der Waals surface area contributed by atoms with Gasteiger partial charge in [0.2, 0.25) is 0 Å². The van der Waals surface area contributed by atoms with E-state index >= 15 is 0 Å². The predicted octanol–water partition coefficient (Wildman–Crippen LogP) is 5.30. The van der Waals surface area contributed by atoms with Gasteiger partial charge >= 0.3 is 19.4 Å². The molecule has 1 aliphatic rings. The summed E-state index contributed by atoms with van der Waals surface area (Å²) >= 11 is 3.00. The van der Waals surface area contributed by atoms with Gasteiger partial charge in [-0.2, -0.15) is 8.78 Å². The van der Waals surface area contributed by atoms with Gasteiger partial charge in [0.25, 0.3) is 0 Å². The number of alkyl halides is 2. The fourth-order valence-electron chi connectivity index (χ4n) is 1.67. The highest BCUT2D eigenvalue weighted by Gasteiger charge is 2.59. The normalized spacial score (nSPS) is 18.0. The Balaban J connectivity index is 2.98. The van der Waals surface area contributed by atoms with E-state index in [2.05, 4.69) is 34.8 Å². The zero-order chi connectivity index (χ0) is 17.7. The molecule has 0 aromatic carbocycles. The summed E-state index contributed by atoms with van der Waals surface area (Å²) in [6.07, 6.45) is 1.72. The van der Waals surface area contributed by atoms with Crippen LogP contribution in [0.5, 0.6) is 0 Å². The van der Waals surface area contributed by atoms with Gasteiger partial charge in [-0.3, -0.25) is 4.89 Å². The van der Waals surface area contributed by atoms with Gasteiger partial charge in [-0.25, -0.2) is 9.36 Å². The molecule has 0 heterocycles. The average Bonchev–Trinajstić information content (AvgIpc) is 2.45. The molecule has 132 valence electrons. The number of allylic oxidation sites excluding steroid dienone is 4. The summed E-state index contributed by atoms with van der Waals surface area (Å²) in [6.45, 7) is 4.07. The van der Waals surface area contributed by atoms with Gasteiger partial charge in [0.1, 0.15) is 0 Å². The van der Waals surface area contributed by atoms with Crippen molar-refractivity contribution >= 4 is 29.7 Å². The minimum atomic E-state index is -5.12. The highest BCUT2D eigenvalue weighted by atomic mass is 79.9. The smallest absolute Gasteiger partial charge is 0.430 e. The molecule has 1 unspecified atom stereocenters. The minimum Gasteiger partial charge on any atom is -0.430 e. The first-order valence-corrected chi connectivity index (χ1v) is 9.23. The van der Waals surface area contributed by atoms with Crippen molar-refractivity contribution < 1.29 is 37.0 Å². The van der Waals surface area contributed by atoms with Crippen LogP contribution in [0.15, 0.2) is 22.2 Å². The maximum absolute atomic E-state index is 14.6. The van der Waals surface area contributed by atoms with Crippen molar-refractivity contribution in [2.45, 2.75) is 45.4 Å². The fraction of sp³-hybridized carbons (Fsp3) is 0.615. The zero-order valence-electron chi connectivity index (χ0n) is 12.9. The van der Waals surface area contributed by atoms with Crippen LogP contribution >= 0.6 is 23.5 Å². The molecule has 0 bridgehead atoms. The predicted molar refractivity (Wildman–Crippen MR) is 82.3 cm³/mol. The van der Waals surface area contributed by atoms with Gasteiger partial charge in [0.05, 0.1) is 12.7 Å². The highest BCUT2D eigenvalue weighted by Crippen LogP contribution is 2.66. The summed E-state index contributed by atoms with van der Waals surface area (Å²) in [5.41, 5.74) is -4.54. The summed E-state index contributed by atoms with van der Waals surface area (Å²) in [5, 5.41) is 0. The molecule has 0 radical (unpaired) electrons. The molecule has 0 spiro atoms. The van der Waals surface area contributed by atoms with Crippen molar-refractivity contribution in [3.05, 3.63) is 22.2 Å². The van der Waals surface area contributed by atoms with E-state index in [1.165, 1.54) is 32.9 Å². The maximum atomic E-state index is 14.6. The van der Waals surface area contributed by atoms with Gasteiger partial charge in [-0.1, -0.05) is 32.8 Å². The molecule has 0 aliphatic heterocycles. The van der Waals surface area contributed by atoms with E-state index in [0.717, 1.165) is 0 Å². The molecule has 1 atom stereocenters. The van der Waals surface area contributed by atoms with Crippen LogP contribution in [0.3, 0.4) is 0 Å². The SMILES string of the molecule is CCOP(=O)(OOC(=O)OC(C)C)C(F)(F)C1=CCCC=C1Br. The van der Waals surface area contributed by atoms with E-state index in [1.54, 1.807) is 0 Å². The van der Waals surface area contributed by atoms with Crippen LogP contribution < -0.4 is 0 Å². The summed E-state index contributed by atoms with van der Waals surface area (Å²) in [7, 11) is -5.12. The van der Waals surface area contributed by atoms with Crippen LogP contribution in [0.2, 0.25) is 0 Å². The minimum absolute atomic E-state index is 0.0852. The largest absolute Gasteiger partial charge is 0.541 e. The molecule has 0 aromatic heterocycles. The van der Waals surface area contributed by atoms with E-state index in [4.69, 9.17) is 0 Å². The molecule has 0 aromatic rings. The van der Waals surface area contributed by atoms with Crippen LogP contribution in [0, 0.1) is 0 Å². The van der Waals surface area contributed by atoms with Crippen molar-refractivity contribution in [2.75, 3.05) is 6.61 Å². The van der Waals surface area contributed by atoms with Crippen LogP contribution in [0.4, 0.5) is 13.6 Å². The first-order chi connectivity index (χ1) is 10.6. The lowest BCUT2D eigenvalue weighted by Gasteiger charge is -2.27. The molecule has 0 amide bonds. The summed E-state index contributed by atoms with van der Waals surface area (Å²) in [6, 6.07) is 0. The van der Waals surface area contributed by atoms with E-state index in [-0.39, 0.29) is 11.1 Å². The Hall–Kier alpha value is -0.760. The Morgan fingerprint density at radius 2 is 2.00 bits per heavy atom. The molecule has 0 saturated heterocycles. The fourth-order valence-corrected chi connectivity index (χ4v) is 3.77. The van der Waals surface area contributed by atoms with E-state index in [1.807, 2.05) is 0 Å². The number of hydrogen-bond acceptors (Lipinski definition) is 6. The summed E-state index contributed by atoms with van der Waals surface area (Å²) < 4.78 is 55.2. The molecule has 1 aliphatic carbocycles. The Bertz CT molecular complexity index is 547. The van der Waals surface area contributed by atoms with Crippen molar-refractivity contribution in [2.24, 2.45) is 0 Å². The third-order valence-corrected chi connectivity index (χ3v) is 5.15. The lowest BCUT2D eigenvalue weighted by atomic mass is 10.1. The summed E-state index contributed by atoms with van der Waals surface area (Å²) in [4.78, 5) is 15.3. The third-order valence-electron chi connectivity index (χ3n) is 2.60. The second-order valence-electron chi connectivity index (χ2n) is 4.78. The van der Waals surface area contributed by atoms with Crippen LogP contribution in [-0.4, -0.2) is 24.5 Å². The highest BCUT2D eigenvalue weighted by molar-refractivity contribution is 9.12. The summed E-state index contributed by atoms with van der Waals surface area (Å²) in [5.74, 6) is 0. The first kappa shape index (κ1) is 20.3. The molecule has 0 saturated carbocycles. The second-order valence-corrected chi connectivity index (χ2v) is 7.60. The molecule has 10 heteroatoms. The monoisotopic (exact) mass is 418 g/mol. The Morgan fingerprint density at radius 3 is 2.52 bits per heavy atom. The van der Waals surface area contributed by atoms with Crippen molar-refractivity contribution in [1.29, 1.82) is 0 Å². The Morgan fingerprint density at radius 1 is 1.39 bits per heavy atom. The van der Waals surface area contributed by atoms with E-state index < -0.39 is 31.1 Å². The topological polar surface area (TPSA) is 71.1 Å². The van der Waals surface area contributed by atoms with Crippen molar-refractivity contribution in [3.63, 3.8) is 0 Å². The standard InChI is InChI=1S/C13H18BrF2O6P/c1-4-19-23(18,22-21-12(17)20-9(2)3)13(15,16)10-7-5-6-8-11(10)14/h7-9H,4-6H2,1-3H3. The number of hydrogen-bond donors (Lipinski definition) is 0. The number of ether oxygens (including phenoxy) is 1. The second kappa shape index (κ2) is 8.37. The molecular formula is C13H18BrF2O6P. The Labute approximate surface area is 141 Å². The van der Waals surface area contributed by atoms with Gasteiger partial charge in [-0.05, 0) is 33.6 Å². The lowest BCUT2D eigenvalue weighted by molar-refractivity contribution is -0.188. The average molecular weight is 419 g/mol. The number of rotatable bonds is 7. The molecular weight excluding hydrogens is 401 g/mol. The van der Waals surface area contributed by atoms with Crippen molar-refractivity contribution in [1.82, 2.24) is 0 Å². The third kappa shape index (κ3) is 5.11. The molecule has 23 heavy (non-hydrogen) atoms. The molecule has 0 N–H and O–H groups in total. The maximum Gasteiger partial charge on any atom is 0.541 e. The molecule has 0 fully saturated rings. The van der Waals surface area contributed by atoms with E-state index in [9.17, 15) is 18.1 Å². The van der Waals surface area contributed by atoms with Gasteiger partial charge in [0, 0.05) is 10.1 Å². The van der Waals surface area contributed by atoms with Crippen LogP contribution in [0.25, 0.3) is 0 Å². The Kier molecular flexibility index (Phi) is 7.38.